The van der Waals surface area contributed by atoms with Crippen LogP contribution < -0.4 is 10.9 Å². The molecule has 150 valence electrons. The number of hydrogen-bond donors (Lipinski definition) is 1. The van der Waals surface area contributed by atoms with Crippen molar-refractivity contribution < 1.29 is 4.79 Å². The van der Waals surface area contributed by atoms with Crippen molar-refractivity contribution in [3.8, 4) is 0 Å². The zero-order chi connectivity index (χ0) is 20.2. The van der Waals surface area contributed by atoms with E-state index in [1.165, 1.54) is 4.68 Å². The molecule has 3 aromatic rings. The number of thioether (sulfide) groups is 1. The maximum absolute atomic E-state index is 12.6. The molecular weight excluding hydrogens is 386 g/mol. The molecule has 1 aromatic carbocycles. The van der Waals surface area contributed by atoms with E-state index in [0.29, 0.717) is 16.3 Å². The van der Waals surface area contributed by atoms with E-state index in [-0.39, 0.29) is 23.9 Å². The van der Waals surface area contributed by atoms with Crippen LogP contribution in [0.15, 0.2) is 52.7 Å². The van der Waals surface area contributed by atoms with E-state index in [0.717, 1.165) is 36.2 Å². The molecule has 1 fully saturated rings. The number of rotatable bonds is 5. The predicted octanol–water partition coefficient (Wildman–Crippen LogP) is 2.49. The molecule has 0 saturated heterocycles. The van der Waals surface area contributed by atoms with Gasteiger partial charge in [0.05, 0.1) is 17.5 Å². The SMILES string of the molecule is Cn1nc(CC(=O)NC2CCC(Sc3ncccn3)CC2)c2ccccc2c1=O. The molecule has 1 amide bonds. The molecule has 29 heavy (non-hydrogen) atoms. The highest BCUT2D eigenvalue weighted by Gasteiger charge is 2.24. The van der Waals surface area contributed by atoms with Gasteiger partial charge in [-0.05, 0) is 37.8 Å². The first-order valence-corrected chi connectivity index (χ1v) is 10.7. The maximum atomic E-state index is 12.6. The normalized spacial score (nSPS) is 19.2. The second-order valence-corrected chi connectivity index (χ2v) is 8.56. The monoisotopic (exact) mass is 409 g/mol. The number of amides is 1. The van der Waals surface area contributed by atoms with Crippen molar-refractivity contribution in [1.82, 2.24) is 25.1 Å². The zero-order valence-corrected chi connectivity index (χ0v) is 17.1. The van der Waals surface area contributed by atoms with Crippen LogP contribution in [0.1, 0.15) is 31.4 Å². The first kappa shape index (κ1) is 19.6. The fourth-order valence-electron chi connectivity index (χ4n) is 3.76. The molecule has 8 heteroatoms. The van der Waals surface area contributed by atoms with Gasteiger partial charge >= 0.3 is 0 Å². The van der Waals surface area contributed by atoms with Gasteiger partial charge in [0.15, 0.2) is 5.16 Å². The summed E-state index contributed by atoms with van der Waals surface area (Å²) in [6.07, 6.45) is 7.62. The van der Waals surface area contributed by atoms with E-state index >= 15 is 0 Å². The van der Waals surface area contributed by atoms with Gasteiger partial charge in [0.2, 0.25) is 5.91 Å². The number of aromatic nitrogens is 4. The highest BCUT2D eigenvalue weighted by Crippen LogP contribution is 2.31. The lowest BCUT2D eigenvalue weighted by Crippen LogP contribution is -2.39. The van der Waals surface area contributed by atoms with Gasteiger partial charge < -0.3 is 5.32 Å². The Kier molecular flexibility index (Phi) is 5.89. The zero-order valence-electron chi connectivity index (χ0n) is 16.2. The highest BCUT2D eigenvalue weighted by atomic mass is 32.2. The molecule has 0 atom stereocenters. The van der Waals surface area contributed by atoms with Crippen molar-refractivity contribution in [2.75, 3.05) is 0 Å². The smallest absolute Gasteiger partial charge is 0.274 e. The van der Waals surface area contributed by atoms with Crippen molar-refractivity contribution >= 4 is 28.4 Å². The number of nitrogens with zero attached hydrogens (tertiary/aromatic N) is 4. The Balaban J connectivity index is 1.35. The average Bonchev–Trinajstić information content (AvgIpc) is 2.74. The summed E-state index contributed by atoms with van der Waals surface area (Å²) in [5.41, 5.74) is 0.480. The summed E-state index contributed by atoms with van der Waals surface area (Å²) in [4.78, 5) is 33.4. The molecule has 0 bridgehead atoms. The molecular formula is C21H23N5O2S. The van der Waals surface area contributed by atoms with Gasteiger partial charge in [-0.1, -0.05) is 30.0 Å². The lowest BCUT2D eigenvalue weighted by Gasteiger charge is -2.28. The number of carbonyl (C=O) groups excluding carboxylic acids is 1. The predicted molar refractivity (Wildman–Crippen MR) is 113 cm³/mol. The van der Waals surface area contributed by atoms with Gasteiger partial charge in [0.25, 0.3) is 5.56 Å². The van der Waals surface area contributed by atoms with Crippen LogP contribution in [0.5, 0.6) is 0 Å². The number of nitrogens with one attached hydrogen (secondary N) is 1. The summed E-state index contributed by atoms with van der Waals surface area (Å²) in [6.45, 7) is 0. The third-order valence-corrected chi connectivity index (χ3v) is 6.44. The fourth-order valence-corrected chi connectivity index (χ4v) is 4.81. The molecule has 0 unspecified atom stereocenters. The average molecular weight is 410 g/mol. The number of benzene rings is 1. The first-order chi connectivity index (χ1) is 14.1. The quantitative estimate of drug-likeness (QED) is 0.651. The Hall–Kier alpha value is -2.74. The largest absolute Gasteiger partial charge is 0.353 e. The van der Waals surface area contributed by atoms with Gasteiger partial charge in [-0.3, -0.25) is 9.59 Å². The molecule has 0 aliphatic heterocycles. The molecule has 1 N–H and O–H groups in total. The number of fused-ring (bicyclic) bond motifs is 1. The van der Waals surface area contributed by atoms with Crippen molar-refractivity contribution in [2.45, 2.75) is 48.6 Å². The minimum atomic E-state index is -0.150. The van der Waals surface area contributed by atoms with Crippen LogP contribution in [0.25, 0.3) is 10.8 Å². The molecule has 1 aliphatic rings. The molecule has 2 aromatic heterocycles. The fraction of sp³-hybridized carbons (Fsp3) is 0.381. The van der Waals surface area contributed by atoms with Gasteiger partial charge in [0.1, 0.15) is 0 Å². The van der Waals surface area contributed by atoms with Gasteiger partial charge in [-0.15, -0.1) is 0 Å². The Morgan fingerprint density at radius 3 is 2.52 bits per heavy atom. The summed E-state index contributed by atoms with van der Waals surface area (Å²) in [5, 5.41) is 10.1. The third-order valence-electron chi connectivity index (χ3n) is 5.21. The number of hydrogen-bond acceptors (Lipinski definition) is 6. The Morgan fingerprint density at radius 2 is 1.79 bits per heavy atom. The van der Waals surface area contributed by atoms with Crippen molar-refractivity contribution in [3.05, 3.63) is 58.8 Å². The summed E-state index contributed by atoms with van der Waals surface area (Å²) in [5.74, 6) is -0.0520. The molecule has 7 nitrogen and oxygen atoms in total. The van der Waals surface area contributed by atoms with E-state index in [1.54, 1.807) is 37.3 Å². The van der Waals surface area contributed by atoms with Crippen molar-refractivity contribution in [3.63, 3.8) is 0 Å². The summed E-state index contributed by atoms with van der Waals surface area (Å²) >= 11 is 1.72. The van der Waals surface area contributed by atoms with Crippen LogP contribution in [0, 0.1) is 0 Å². The lowest BCUT2D eigenvalue weighted by atomic mass is 9.95. The van der Waals surface area contributed by atoms with E-state index in [4.69, 9.17) is 0 Å². The van der Waals surface area contributed by atoms with E-state index in [1.807, 2.05) is 24.3 Å². The van der Waals surface area contributed by atoms with Crippen molar-refractivity contribution in [2.24, 2.45) is 7.05 Å². The third kappa shape index (κ3) is 4.64. The number of carbonyl (C=O) groups is 1. The summed E-state index contributed by atoms with van der Waals surface area (Å²) in [6, 6.07) is 9.30. The second kappa shape index (κ2) is 8.73. The van der Waals surface area contributed by atoms with Crippen LogP contribution in [-0.4, -0.2) is 36.9 Å². The van der Waals surface area contributed by atoms with Crippen LogP contribution in [0.2, 0.25) is 0 Å². The number of aryl methyl sites for hydroxylation is 1. The summed E-state index contributed by atoms with van der Waals surface area (Å²) in [7, 11) is 1.62. The molecule has 1 saturated carbocycles. The maximum Gasteiger partial charge on any atom is 0.274 e. The molecule has 0 spiro atoms. The van der Waals surface area contributed by atoms with E-state index in [9.17, 15) is 9.59 Å². The lowest BCUT2D eigenvalue weighted by molar-refractivity contribution is -0.121. The van der Waals surface area contributed by atoms with Crippen molar-refractivity contribution in [1.29, 1.82) is 0 Å². The van der Waals surface area contributed by atoms with Gasteiger partial charge in [-0.25, -0.2) is 14.6 Å². The molecule has 4 rings (SSSR count). The minimum Gasteiger partial charge on any atom is -0.353 e. The minimum absolute atomic E-state index is 0.0520. The van der Waals surface area contributed by atoms with Crippen LogP contribution >= 0.6 is 11.8 Å². The standard InChI is InChI=1S/C21H23N5O2S/c1-26-20(28)17-6-3-2-5-16(17)18(25-26)13-19(27)24-14-7-9-15(10-8-14)29-21-22-11-4-12-23-21/h2-6,11-12,14-15H,7-10,13H2,1H3,(H,24,27). The Labute approximate surface area is 173 Å². The van der Waals surface area contributed by atoms with Crippen LogP contribution in [-0.2, 0) is 18.3 Å². The molecule has 1 aliphatic carbocycles. The van der Waals surface area contributed by atoms with Crippen LogP contribution in [0.4, 0.5) is 0 Å². The van der Waals surface area contributed by atoms with Gasteiger partial charge in [-0.2, -0.15) is 5.10 Å². The molecule has 2 heterocycles. The highest BCUT2D eigenvalue weighted by molar-refractivity contribution is 7.99. The topological polar surface area (TPSA) is 89.8 Å². The summed E-state index contributed by atoms with van der Waals surface area (Å²) < 4.78 is 1.30. The Morgan fingerprint density at radius 1 is 1.10 bits per heavy atom. The van der Waals surface area contributed by atoms with E-state index < -0.39 is 0 Å². The van der Waals surface area contributed by atoms with Crippen LogP contribution in [0.3, 0.4) is 0 Å². The second-order valence-electron chi connectivity index (χ2n) is 7.29. The van der Waals surface area contributed by atoms with Gasteiger partial charge in [0, 0.05) is 36.1 Å². The Bertz CT molecular complexity index is 1060. The van der Waals surface area contributed by atoms with E-state index in [2.05, 4.69) is 20.4 Å². The first-order valence-electron chi connectivity index (χ1n) is 9.78. The molecule has 0 radical (unpaired) electrons.